The Hall–Kier alpha value is -2.84. The fourth-order valence-corrected chi connectivity index (χ4v) is 1.86. The van der Waals surface area contributed by atoms with E-state index in [1.807, 2.05) is 0 Å². The maximum Gasteiger partial charge on any atom is 0.354 e. The molecule has 120 valence electrons. The first-order valence-corrected chi connectivity index (χ1v) is 6.86. The van der Waals surface area contributed by atoms with Crippen molar-refractivity contribution in [3.63, 3.8) is 0 Å². The van der Waals surface area contributed by atoms with Gasteiger partial charge in [-0.3, -0.25) is 10.6 Å². The minimum absolute atomic E-state index is 0.00643. The summed E-state index contributed by atoms with van der Waals surface area (Å²) >= 11 is 0. The van der Waals surface area contributed by atoms with Crippen LogP contribution in [0.1, 0.15) is 32.4 Å². The topological polar surface area (TPSA) is 124 Å². The van der Waals surface area contributed by atoms with Crippen molar-refractivity contribution in [2.45, 2.75) is 13.1 Å². The van der Waals surface area contributed by atoms with Crippen LogP contribution in [0.25, 0.3) is 0 Å². The second-order valence-electron chi connectivity index (χ2n) is 4.67. The molecule has 0 aliphatic carbocycles. The fourth-order valence-electron chi connectivity index (χ4n) is 1.86. The van der Waals surface area contributed by atoms with Gasteiger partial charge in [-0.25, -0.2) is 19.6 Å². The zero-order valence-electron chi connectivity index (χ0n) is 12.2. The minimum Gasteiger partial charge on any atom is -0.477 e. The number of hydrogen-bond donors (Lipinski definition) is 4. The average Bonchev–Trinajstić information content (AvgIpc) is 2.55. The van der Waals surface area contributed by atoms with Crippen molar-refractivity contribution in [3.05, 3.63) is 59.2 Å². The SMILES string of the molecule is O=C(O)c1cccc(CNCNCc2cccc(C(=O)O)n2)n1. The van der Waals surface area contributed by atoms with Crippen molar-refractivity contribution in [2.75, 3.05) is 6.67 Å². The molecule has 2 heterocycles. The maximum absolute atomic E-state index is 10.8. The van der Waals surface area contributed by atoms with Crippen LogP contribution in [0.5, 0.6) is 0 Å². The lowest BCUT2D eigenvalue weighted by Crippen LogP contribution is -2.29. The molecule has 0 saturated heterocycles. The van der Waals surface area contributed by atoms with Gasteiger partial charge in [0.25, 0.3) is 0 Å². The van der Waals surface area contributed by atoms with Crippen LogP contribution in [-0.2, 0) is 13.1 Å². The van der Waals surface area contributed by atoms with Crippen LogP contribution >= 0.6 is 0 Å². The summed E-state index contributed by atoms with van der Waals surface area (Å²) in [6.07, 6.45) is 0. The lowest BCUT2D eigenvalue weighted by Gasteiger charge is -2.07. The quantitative estimate of drug-likeness (QED) is 0.414. The molecule has 0 unspecified atom stereocenters. The Bertz CT molecular complexity index is 646. The van der Waals surface area contributed by atoms with E-state index in [1.54, 1.807) is 24.3 Å². The van der Waals surface area contributed by atoms with Gasteiger partial charge in [0.15, 0.2) is 0 Å². The van der Waals surface area contributed by atoms with E-state index in [-0.39, 0.29) is 11.4 Å². The highest BCUT2D eigenvalue weighted by atomic mass is 16.4. The van der Waals surface area contributed by atoms with E-state index in [0.717, 1.165) is 0 Å². The lowest BCUT2D eigenvalue weighted by molar-refractivity contribution is 0.0679. The highest BCUT2D eigenvalue weighted by Gasteiger charge is 2.05. The summed E-state index contributed by atoms with van der Waals surface area (Å²) in [5.74, 6) is -2.12. The molecule has 8 heteroatoms. The Balaban J connectivity index is 1.76. The van der Waals surface area contributed by atoms with Gasteiger partial charge in [0.1, 0.15) is 11.4 Å². The zero-order chi connectivity index (χ0) is 16.7. The van der Waals surface area contributed by atoms with Crippen LogP contribution in [0.2, 0.25) is 0 Å². The molecule has 23 heavy (non-hydrogen) atoms. The summed E-state index contributed by atoms with van der Waals surface area (Å²) in [4.78, 5) is 29.6. The van der Waals surface area contributed by atoms with Crippen LogP contribution in [0, 0.1) is 0 Å². The standard InChI is InChI=1S/C15H16N4O4/c20-14(21)12-5-1-3-10(18-12)7-16-9-17-8-11-4-2-6-13(19-11)15(22)23/h1-6,16-17H,7-9H2,(H,20,21)(H,22,23). The van der Waals surface area contributed by atoms with Gasteiger partial charge < -0.3 is 10.2 Å². The van der Waals surface area contributed by atoms with Gasteiger partial charge in [-0.1, -0.05) is 12.1 Å². The van der Waals surface area contributed by atoms with E-state index in [2.05, 4.69) is 20.6 Å². The highest BCUT2D eigenvalue weighted by Crippen LogP contribution is 2.00. The Morgan fingerprint density at radius 1 is 0.826 bits per heavy atom. The number of rotatable bonds is 8. The molecule has 0 spiro atoms. The Morgan fingerprint density at radius 3 is 1.65 bits per heavy atom. The number of carbonyl (C=O) groups is 2. The van der Waals surface area contributed by atoms with Gasteiger partial charge in [0.05, 0.1) is 11.4 Å². The smallest absolute Gasteiger partial charge is 0.354 e. The van der Waals surface area contributed by atoms with Crippen LogP contribution in [0.3, 0.4) is 0 Å². The normalized spacial score (nSPS) is 10.4. The summed E-state index contributed by atoms with van der Waals surface area (Å²) < 4.78 is 0. The largest absolute Gasteiger partial charge is 0.477 e. The van der Waals surface area contributed by atoms with E-state index < -0.39 is 11.9 Å². The molecule has 0 fully saturated rings. The summed E-state index contributed by atoms with van der Waals surface area (Å²) in [6.45, 7) is 1.27. The van der Waals surface area contributed by atoms with E-state index in [9.17, 15) is 9.59 Å². The predicted molar refractivity (Wildman–Crippen MR) is 80.9 cm³/mol. The number of nitrogens with one attached hydrogen (secondary N) is 2. The molecular formula is C15H16N4O4. The van der Waals surface area contributed by atoms with Crippen LogP contribution in [-0.4, -0.2) is 38.8 Å². The number of nitrogens with zero attached hydrogens (tertiary/aromatic N) is 2. The summed E-state index contributed by atoms with van der Waals surface area (Å²) in [7, 11) is 0. The molecule has 0 aliphatic heterocycles. The van der Waals surface area contributed by atoms with E-state index in [4.69, 9.17) is 10.2 Å². The molecular weight excluding hydrogens is 300 g/mol. The molecule has 2 rings (SSSR count). The second kappa shape index (κ2) is 7.97. The highest BCUT2D eigenvalue weighted by molar-refractivity contribution is 5.85. The van der Waals surface area contributed by atoms with Gasteiger partial charge in [-0.15, -0.1) is 0 Å². The number of aromatic nitrogens is 2. The summed E-state index contributed by atoms with van der Waals surface area (Å²) in [5, 5.41) is 23.9. The molecule has 8 nitrogen and oxygen atoms in total. The van der Waals surface area contributed by atoms with Crippen molar-refractivity contribution < 1.29 is 19.8 Å². The molecule has 0 amide bonds. The average molecular weight is 316 g/mol. The third-order valence-electron chi connectivity index (χ3n) is 2.91. The lowest BCUT2D eigenvalue weighted by atomic mass is 10.3. The number of hydrogen-bond acceptors (Lipinski definition) is 6. The number of carboxylic acid groups (broad SMARTS) is 2. The number of carboxylic acids is 2. The van der Waals surface area contributed by atoms with Crippen molar-refractivity contribution in [1.82, 2.24) is 20.6 Å². The zero-order valence-corrected chi connectivity index (χ0v) is 12.2. The maximum atomic E-state index is 10.8. The van der Waals surface area contributed by atoms with E-state index in [0.29, 0.717) is 31.1 Å². The second-order valence-corrected chi connectivity index (χ2v) is 4.67. The number of pyridine rings is 2. The first-order chi connectivity index (χ1) is 11.1. The molecule has 0 saturated carbocycles. The summed E-state index contributed by atoms with van der Waals surface area (Å²) in [6, 6.07) is 9.62. The van der Waals surface area contributed by atoms with Crippen LogP contribution < -0.4 is 10.6 Å². The Kier molecular flexibility index (Phi) is 5.73. The first-order valence-electron chi connectivity index (χ1n) is 6.86. The van der Waals surface area contributed by atoms with Crippen molar-refractivity contribution in [3.8, 4) is 0 Å². The number of aromatic carboxylic acids is 2. The van der Waals surface area contributed by atoms with E-state index in [1.165, 1.54) is 12.1 Å². The van der Waals surface area contributed by atoms with Gasteiger partial charge in [0, 0.05) is 19.8 Å². The molecule has 4 N–H and O–H groups in total. The minimum atomic E-state index is -1.06. The van der Waals surface area contributed by atoms with Crippen molar-refractivity contribution >= 4 is 11.9 Å². The third kappa shape index (κ3) is 5.13. The van der Waals surface area contributed by atoms with Gasteiger partial charge in [0.2, 0.25) is 0 Å². The molecule has 2 aromatic rings. The van der Waals surface area contributed by atoms with E-state index >= 15 is 0 Å². The van der Waals surface area contributed by atoms with Crippen LogP contribution in [0.4, 0.5) is 0 Å². The van der Waals surface area contributed by atoms with Gasteiger partial charge >= 0.3 is 11.9 Å². The van der Waals surface area contributed by atoms with Crippen molar-refractivity contribution in [1.29, 1.82) is 0 Å². The third-order valence-corrected chi connectivity index (χ3v) is 2.91. The summed E-state index contributed by atoms with van der Waals surface area (Å²) in [5.41, 5.74) is 1.26. The van der Waals surface area contributed by atoms with Crippen LogP contribution in [0.15, 0.2) is 36.4 Å². The fraction of sp³-hybridized carbons (Fsp3) is 0.200. The Morgan fingerprint density at radius 2 is 1.26 bits per heavy atom. The molecule has 0 aromatic carbocycles. The molecule has 0 radical (unpaired) electrons. The van der Waals surface area contributed by atoms with Gasteiger partial charge in [-0.2, -0.15) is 0 Å². The molecule has 0 aliphatic rings. The first kappa shape index (κ1) is 16.5. The predicted octanol–water partition coefficient (Wildman–Crippen LogP) is 0.710. The van der Waals surface area contributed by atoms with Gasteiger partial charge in [-0.05, 0) is 24.3 Å². The molecule has 0 bridgehead atoms. The molecule has 0 atom stereocenters. The van der Waals surface area contributed by atoms with Crippen molar-refractivity contribution in [2.24, 2.45) is 0 Å². The monoisotopic (exact) mass is 316 g/mol. The Labute approximate surface area is 132 Å². The molecule has 2 aromatic heterocycles.